The van der Waals surface area contributed by atoms with Crippen molar-refractivity contribution < 1.29 is 22.3 Å². The Morgan fingerprint density at radius 1 is 0.839 bits per heavy atom. The fourth-order valence-electron chi connectivity index (χ4n) is 8.67. The normalized spacial score (nSPS) is 19.4. The van der Waals surface area contributed by atoms with E-state index in [1.54, 1.807) is 6.07 Å². The molecule has 298 valence electrons. The predicted molar refractivity (Wildman–Crippen MR) is 230 cm³/mol. The summed E-state index contributed by atoms with van der Waals surface area (Å²) >= 11 is 0. The zero-order chi connectivity index (χ0) is 40.3. The van der Waals surface area contributed by atoms with E-state index >= 15 is 0 Å². The molecule has 0 bridgehead atoms. The predicted octanol–water partition coefficient (Wildman–Crippen LogP) is 12.1. The van der Waals surface area contributed by atoms with E-state index < -0.39 is 15.5 Å². The molecule has 0 unspecified atom stereocenters. The molecule has 0 atom stereocenters. The van der Waals surface area contributed by atoms with E-state index in [-0.39, 0.29) is 10.3 Å². The second-order valence-electron chi connectivity index (χ2n) is 18.0. The Bertz CT molecular complexity index is 2180. The number of fused-ring (bicyclic) bond motifs is 2. The first-order chi connectivity index (χ1) is 26.5. The van der Waals surface area contributed by atoms with Crippen molar-refractivity contribution in [3.05, 3.63) is 131 Å². The van der Waals surface area contributed by atoms with Gasteiger partial charge in [0.25, 0.3) is 0 Å². The van der Waals surface area contributed by atoms with E-state index in [0.717, 1.165) is 98.5 Å². The fraction of sp³-hybridized carbons (Fsp3) is 0.449. The van der Waals surface area contributed by atoms with Crippen LogP contribution in [0.25, 0.3) is 0 Å². The van der Waals surface area contributed by atoms with Crippen molar-refractivity contribution in [2.75, 3.05) is 18.0 Å². The van der Waals surface area contributed by atoms with Crippen LogP contribution in [0, 0.1) is 5.41 Å². The van der Waals surface area contributed by atoms with E-state index in [0.29, 0.717) is 5.41 Å². The molecule has 0 saturated heterocycles. The number of hydrogen-bond donors (Lipinski definition) is 0. The number of ether oxygens (including phenoxy) is 1. The standard InChI is InChI=1S/C49H62N2O4S/c1-9-10-33-50-42-25-16-15-24-40(42)48(5,6)44(50)30-26-36-20-19-21-37(46(36)55-38-22-13-11-14-23-38)27-31-45-49(7,8)41-35-39(56(52,53)54)28-29-43(41)51(45)34-18-12-17-32-47(2,3)4/h11,13-16,22-31,35H,9-10,12,17-21,32-34H2,1-8H3. The monoisotopic (exact) mass is 774 g/mol. The highest BCUT2D eigenvalue weighted by Gasteiger charge is 2.44. The molecule has 3 aliphatic rings. The molecule has 6 nitrogen and oxygen atoms in total. The lowest BCUT2D eigenvalue weighted by molar-refractivity contribution is -0.438. The molecule has 0 radical (unpaired) electrons. The minimum atomic E-state index is -4.60. The number of hydrogen-bond acceptors (Lipinski definition) is 5. The third-order valence-corrected chi connectivity index (χ3v) is 12.6. The molecule has 7 heteroatoms. The molecule has 56 heavy (non-hydrogen) atoms. The van der Waals surface area contributed by atoms with E-state index in [9.17, 15) is 13.0 Å². The fourth-order valence-corrected chi connectivity index (χ4v) is 9.17. The van der Waals surface area contributed by atoms with Crippen LogP contribution in [0.2, 0.25) is 0 Å². The van der Waals surface area contributed by atoms with Crippen molar-refractivity contribution in [1.82, 2.24) is 0 Å². The van der Waals surface area contributed by atoms with E-state index in [4.69, 9.17) is 4.74 Å². The molecule has 3 aromatic carbocycles. The van der Waals surface area contributed by atoms with E-state index in [1.807, 2.05) is 36.4 Å². The number of allylic oxidation sites excluding steroid dienone is 7. The van der Waals surface area contributed by atoms with Crippen molar-refractivity contribution in [3.8, 4) is 5.75 Å². The summed E-state index contributed by atoms with van der Waals surface area (Å²) in [5.41, 5.74) is 8.83. The Hall–Kier alpha value is -4.20. The van der Waals surface area contributed by atoms with Crippen LogP contribution in [0.15, 0.2) is 125 Å². The summed E-state index contributed by atoms with van der Waals surface area (Å²) in [4.78, 5) is 2.16. The third-order valence-electron chi connectivity index (χ3n) is 11.8. The van der Waals surface area contributed by atoms with Crippen LogP contribution in [-0.4, -0.2) is 36.3 Å². The van der Waals surface area contributed by atoms with Crippen molar-refractivity contribution in [2.45, 2.75) is 129 Å². The first-order valence-corrected chi connectivity index (χ1v) is 22.1. The SMILES string of the molecule is CCCC[N+]1=C(/C=C/C2=C(Oc3ccccc3)C(=C/C=C3/N(CCCCCC(C)(C)C)c4ccc(S(=O)(=O)[O-])cc4C3(C)C)/CCC2)C(C)(C)c2ccccc21. The van der Waals surface area contributed by atoms with Gasteiger partial charge in [-0.2, -0.15) is 4.58 Å². The van der Waals surface area contributed by atoms with Gasteiger partial charge < -0.3 is 14.2 Å². The van der Waals surface area contributed by atoms with Crippen molar-refractivity contribution in [1.29, 1.82) is 0 Å². The zero-order valence-corrected chi connectivity index (χ0v) is 35.8. The van der Waals surface area contributed by atoms with Gasteiger partial charge in [-0.15, -0.1) is 0 Å². The highest BCUT2D eigenvalue weighted by molar-refractivity contribution is 7.85. The number of nitrogens with zero attached hydrogens (tertiary/aromatic N) is 2. The summed E-state index contributed by atoms with van der Waals surface area (Å²) in [5, 5.41) is 0. The van der Waals surface area contributed by atoms with Crippen molar-refractivity contribution >= 4 is 27.2 Å². The van der Waals surface area contributed by atoms with Gasteiger partial charge in [0, 0.05) is 47.5 Å². The molecule has 3 aromatic rings. The molecule has 0 amide bonds. The van der Waals surface area contributed by atoms with Gasteiger partial charge >= 0.3 is 0 Å². The van der Waals surface area contributed by atoms with Gasteiger partial charge in [0.2, 0.25) is 5.69 Å². The number of unbranched alkanes of at least 4 members (excludes halogenated alkanes) is 3. The van der Waals surface area contributed by atoms with Gasteiger partial charge in [0.1, 0.15) is 28.2 Å². The van der Waals surface area contributed by atoms with Crippen molar-refractivity contribution in [3.63, 3.8) is 0 Å². The van der Waals surface area contributed by atoms with Gasteiger partial charge in [-0.25, -0.2) is 8.42 Å². The lowest BCUT2D eigenvalue weighted by Gasteiger charge is -2.28. The number of anilines is 1. The number of benzene rings is 3. The van der Waals surface area contributed by atoms with Crippen LogP contribution in [-0.2, 0) is 20.9 Å². The lowest BCUT2D eigenvalue weighted by Crippen LogP contribution is -2.28. The molecule has 0 N–H and O–H groups in total. The minimum absolute atomic E-state index is 0.135. The summed E-state index contributed by atoms with van der Waals surface area (Å²) < 4.78 is 45.8. The highest BCUT2D eigenvalue weighted by atomic mass is 32.2. The zero-order valence-electron chi connectivity index (χ0n) is 35.0. The van der Waals surface area contributed by atoms with Crippen LogP contribution < -0.4 is 9.64 Å². The Labute approximate surface area is 337 Å². The van der Waals surface area contributed by atoms with Crippen LogP contribution >= 0.6 is 0 Å². The maximum atomic E-state index is 12.2. The Balaban J connectivity index is 1.42. The Morgan fingerprint density at radius 3 is 2.29 bits per heavy atom. The van der Waals surface area contributed by atoms with Gasteiger partial charge in [0.05, 0.1) is 10.3 Å². The van der Waals surface area contributed by atoms with Crippen LogP contribution in [0.5, 0.6) is 5.75 Å². The lowest BCUT2D eigenvalue weighted by atomic mass is 9.81. The largest absolute Gasteiger partial charge is 0.744 e. The number of rotatable bonds is 14. The summed E-state index contributed by atoms with van der Waals surface area (Å²) in [7, 11) is -4.60. The smallest absolute Gasteiger partial charge is 0.209 e. The summed E-state index contributed by atoms with van der Waals surface area (Å²) in [6.07, 6.45) is 18.5. The topological polar surface area (TPSA) is 72.7 Å². The maximum absolute atomic E-state index is 12.2. The van der Waals surface area contributed by atoms with E-state index in [1.165, 1.54) is 35.0 Å². The van der Waals surface area contributed by atoms with Crippen LogP contribution in [0.3, 0.4) is 0 Å². The first-order valence-electron chi connectivity index (χ1n) is 20.7. The van der Waals surface area contributed by atoms with Crippen LogP contribution in [0.4, 0.5) is 11.4 Å². The summed E-state index contributed by atoms with van der Waals surface area (Å²) in [6.45, 7) is 19.8. The highest BCUT2D eigenvalue weighted by Crippen LogP contribution is 2.49. The van der Waals surface area contributed by atoms with Gasteiger partial charge in [-0.3, -0.25) is 0 Å². The average Bonchev–Trinajstić information content (AvgIpc) is 3.50. The maximum Gasteiger partial charge on any atom is 0.209 e. The Morgan fingerprint density at radius 2 is 1.57 bits per heavy atom. The molecule has 0 fully saturated rings. The molecular formula is C49H62N2O4S. The molecule has 1 aliphatic carbocycles. The minimum Gasteiger partial charge on any atom is -0.744 e. The molecule has 0 aromatic heterocycles. The second-order valence-corrected chi connectivity index (χ2v) is 19.4. The third kappa shape index (κ3) is 9.00. The molecule has 0 spiro atoms. The summed E-state index contributed by atoms with van der Waals surface area (Å²) in [5.74, 6) is 1.70. The molecule has 2 aliphatic heterocycles. The molecule has 6 rings (SSSR count). The van der Waals surface area contributed by atoms with Gasteiger partial charge in [-0.05, 0) is 111 Å². The van der Waals surface area contributed by atoms with Crippen LogP contribution in [0.1, 0.15) is 124 Å². The molecule has 0 saturated carbocycles. The number of para-hydroxylation sites is 2. The second kappa shape index (κ2) is 16.7. The Kier molecular flexibility index (Phi) is 12.4. The van der Waals surface area contributed by atoms with Gasteiger partial charge in [0.15, 0.2) is 5.71 Å². The van der Waals surface area contributed by atoms with E-state index in [2.05, 4.69) is 113 Å². The molecule has 2 heterocycles. The average molecular weight is 775 g/mol. The van der Waals surface area contributed by atoms with Crippen molar-refractivity contribution in [2.24, 2.45) is 5.41 Å². The molecular weight excluding hydrogens is 713 g/mol. The quantitative estimate of drug-likeness (QED) is 0.0926. The first kappa shape index (κ1) is 41.4. The summed E-state index contributed by atoms with van der Waals surface area (Å²) in [6, 6.07) is 23.7. The van der Waals surface area contributed by atoms with Gasteiger partial charge in [-0.1, -0.05) is 103 Å².